The maximum absolute atomic E-state index is 12.8. The van der Waals surface area contributed by atoms with Crippen molar-refractivity contribution in [1.82, 2.24) is 0 Å². The van der Waals surface area contributed by atoms with E-state index in [1.165, 1.54) is 11.3 Å². The molecular weight excluding hydrogens is 364 g/mol. The summed E-state index contributed by atoms with van der Waals surface area (Å²) in [6.45, 7) is 2.03. The average molecular weight is 382 g/mol. The topological polar surface area (TPSA) is 92.4 Å². The van der Waals surface area contributed by atoms with E-state index in [-0.39, 0.29) is 17.7 Å². The average Bonchev–Trinajstić information content (AvgIpc) is 3.21. The number of hydrogen-bond acceptors (Lipinski definition) is 6. The number of esters is 1. The van der Waals surface area contributed by atoms with E-state index < -0.39 is 11.9 Å². The number of amides is 1. The van der Waals surface area contributed by atoms with Crippen molar-refractivity contribution < 1.29 is 18.7 Å². The van der Waals surface area contributed by atoms with Gasteiger partial charge in [-0.05, 0) is 43.9 Å². The third-order valence-electron chi connectivity index (χ3n) is 4.55. The molecule has 138 valence electrons. The van der Waals surface area contributed by atoms with Crippen molar-refractivity contribution in [3.8, 4) is 0 Å². The summed E-state index contributed by atoms with van der Waals surface area (Å²) >= 11 is 1.41. The number of para-hydroxylation sites is 1. The van der Waals surface area contributed by atoms with Crippen LogP contribution >= 0.6 is 11.3 Å². The summed E-state index contributed by atoms with van der Waals surface area (Å²) in [5.41, 5.74) is 1.88. The summed E-state index contributed by atoms with van der Waals surface area (Å²) < 4.78 is 10.6. The maximum atomic E-state index is 12.8. The van der Waals surface area contributed by atoms with Gasteiger partial charge < -0.3 is 14.5 Å². The molecule has 4 rings (SSSR count). The van der Waals surface area contributed by atoms with Gasteiger partial charge in [0.25, 0.3) is 5.91 Å². The van der Waals surface area contributed by atoms with Gasteiger partial charge in [0.05, 0.1) is 12.2 Å². The van der Waals surface area contributed by atoms with Crippen LogP contribution in [-0.4, -0.2) is 18.5 Å². The third kappa shape index (κ3) is 3.14. The van der Waals surface area contributed by atoms with E-state index in [2.05, 4.69) is 5.32 Å². The molecule has 0 bridgehead atoms. The van der Waals surface area contributed by atoms with Crippen LogP contribution in [0, 0.1) is 5.41 Å². The molecule has 2 aromatic heterocycles. The molecule has 2 heterocycles. The molecule has 0 saturated carbocycles. The lowest BCUT2D eigenvalue weighted by Crippen LogP contribution is -2.21. The zero-order valence-electron chi connectivity index (χ0n) is 14.8. The van der Waals surface area contributed by atoms with E-state index in [4.69, 9.17) is 14.6 Å². The molecule has 3 aromatic rings. The molecule has 0 spiro atoms. The zero-order chi connectivity index (χ0) is 19.0. The van der Waals surface area contributed by atoms with Crippen LogP contribution in [0.2, 0.25) is 0 Å². The minimum atomic E-state index is -0.472. The van der Waals surface area contributed by atoms with Crippen molar-refractivity contribution in [3.63, 3.8) is 0 Å². The van der Waals surface area contributed by atoms with Crippen molar-refractivity contribution >= 4 is 39.2 Å². The highest BCUT2D eigenvalue weighted by atomic mass is 32.1. The minimum absolute atomic E-state index is 0.122. The van der Waals surface area contributed by atoms with Crippen LogP contribution in [0.25, 0.3) is 11.0 Å². The van der Waals surface area contributed by atoms with Gasteiger partial charge in [-0.1, -0.05) is 18.2 Å². The Balaban J connectivity index is 1.71. The number of rotatable bonds is 4. The Morgan fingerprint density at radius 3 is 2.93 bits per heavy atom. The lowest BCUT2D eigenvalue weighted by Gasteiger charge is -2.08. The molecule has 6 nitrogen and oxygen atoms in total. The first kappa shape index (κ1) is 17.5. The van der Waals surface area contributed by atoms with Crippen molar-refractivity contribution in [3.05, 3.63) is 57.5 Å². The lowest BCUT2D eigenvalue weighted by molar-refractivity contribution is 0.0527. The van der Waals surface area contributed by atoms with Gasteiger partial charge in [0.2, 0.25) is 5.55 Å². The Labute approximate surface area is 159 Å². The quantitative estimate of drug-likeness (QED) is 0.670. The maximum Gasteiger partial charge on any atom is 0.341 e. The van der Waals surface area contributed by atoms with Gasteiger partial charge in [-0.15, -0.1) is 11.3 Å². The molecule has 0 atom stereocenters. The van der Waals surface area contributed by atoms with Crippen LogP contribution in [0.5, 0.6) is 0 Å². The molecule has 2 N–H and O–H groups in total. The van der Waals surface area contributed by atoms with E-state index in [1.54, 1.807) is 19.1 Å². The van der Waals surface area contributed by atoms with Gasteiger partial charge in [0.15, 0.2) is 0 Å². The van der Waals surface area contributed by atoms with Crippen molar-refractivity contribution in [1.29, 1.82) is 5.41 Å². The monoisotopic (exact) mass is 382 g/mol. The zero-order valence-corrected chi connectivity index (χ0v) is 15.6. The molecule has 0 saturated heterocycles. The van der Waals surface area contributed by atoms with Gasteiger partial charge >= 0.3 is 5.97 Å². The lowest BCUT2D eigenvalue weighted by atomic mass is 10.1. The fourth-order valence-corrected chi connectivity index (χ4v) is 4.60. The van der Waals surface area contributed by atoms with Crippen molar-refractivity contribution in [2.24, 2.45) is 0 Å². The number of fused-ring (bicyclic) bond motifs is 2. The molecule has 1 aliphatic rings. The van der Waals surface area contributed by atoms with Crippen LogP contribution in [-0.2, 0) is 17.6 Å². The number of carbonyl (C=O) groups excluding carboxylic acids is 2. The van der Waals surface area contributed by atoms with Crippen molar-refractivity contribution in [2.45, 2.75) is 26.2 Å². The van der Waals surface area contributed by atoms with E-state index in [9.17, 15) is 9.59 Å². The number of nitrogens with one attached hydrogen (secondary N) is 2. The first-order valence-corrected chi connectivity index (χ1v) is 9.60. The second kappa shape index (κ2) is 7.00. The summed E-state index contributed by atoms with van der Waals surface area (Å²) in [6.07, 6.45) is 2.71. The fraction of sp³-hybridized carbons (Fsp3) is 0.250. The number of hydrogen-bond donors (Lipinski definition) is 2. The predicted octanol–water partition coefficient (Wildman–Crippen LogP) is 3.89. The summed E-state index contributed by atoms with van der Waals surface area (Å²) in [6, 6.07) is 8.84. The van der Waals surface area contributed by atoms with Crippen molar-refractivity contribution in [2.75, 3.05) is 11.9 Å². The molecule has 0 aliphatic heterocycles. The highest BCUT2D eigenvalue weighted by Gasteiger charge is 2.28. The van der Waals surface area contributed by atoms with Crippen LogP contribution in [0.15, 0.2) is 34.7 Å². The molecule has 0 unspecified atom stereocenters. The standard InChI is InChI=1S/C20H18N2O4S/c1-2-25-20(24)16-12-7-5-9-15(12)27-19(16)22-18(23)13-10-11-6-3-4-8-14(11)26-17(13)21/h3-4,6,8,10,21H,2,5,7,9H2,1H3,(H,22,23). The Kier molecular flexibility index (Phi) is 4.53. The predicted molar refractivity (Wildman–Crippen MR) is 102 cm³/mol. The molecule has 0 radical (unpaired) electrons. The molecule has 1 aliphatic carbocycles. The summed E-state index contributed by atoms with van der Waals surface area (Å²) in [5, 5.41) is 12.0. The SMILES string of the molecule is CCOC(=O)c1c(NC(=O)c2cc3ccccc3oc2=N)sc2c1CCC2. The van der Waals surface area contributed by atoms with Crippen LogP contribution in [0.4, 0.5) is 5.00 Å². The molecule has 1 aromatic carbocycles. The normalized spacial score (nSPS) is 12.8. The fourth-order valence-electron chi connectivity index (χ4n) is 3.33. The first-order chi connectivity index (χ1) is 13.1. The summed E-state index contributed by atoms with van der Waals surface area (Å²) in [5.74, 6) is -0.888. The van der Waals surface area contributed by atoms with Crippen LogP contribution in [0.3, 0.4) is 0 Å². The first-order valence-electron chi connectivity index (χ1n) is 8.79. The number of ether oxygens (including phenoxy) is 1. The Morgan fingerprint density at radius 2 is 2.11 bits per heavy atom. The van der Waals surface area contributed by atoms with E-state index in [1.807, 2.05) is 18.2 Å². The molecule has 0 fully saturated rings. The molecular formula is C20H18N2O4S. The number of thiophene rings is 1. The van der Waals surface area contributed by atoms with Gasteiger partial charge in [-0.2, -0.15) is 0 Å². The third-order valence-corrected chi connectivity index (χ3v) is 5.76. The largest absolute Gasteiger partial charge is 0.462 e. The molecule has 27 heavy (non-hydrogen) atoms. The number of aryl methyl sites for hydroxylation is 1. The number of anilines is 1. The highest BCUT2D eigenvalue weighted by Crippen LogP contribution is 2.39. The van der Waals surface area contributed by atoms with Gasteiger partial charge in [0.1, 0.15) is 16.1 Å². The van der Waals surface area contributed by atoms with E-state index in [0.29, 0.717) is 16.1 Å². The summed E-state index contributed by atoms with van der Waals surface area (Å²) in [7, 11) is 0. The Bertz CT molecular complexity index is 1110. The molecule has 7 heteroatoms. The van der Waals surface area contributed by atoms with Gasteiger partial charge in [0, 0.05) is 10.3 Å². The second-order valence-corrected chi connectivity index (χ2v) is 7.37. The van der Waals surface area contributed by atoms with Crippen LogP contribution in [0.1, 0.15) is 44.5 Å². The summed E-state index contributed by atoms with van der Waals surface area (Å²) in [4.78, 5) is 26.3. The number of carbonyl (C=O) groups is 2. The van der Waals surface area contributed by atoms with Gasteiger partial charge in [-0.3, -0.25) is 10.2 Å². The number of benzene rings is 1. The Morgan fingerprint density at radius 1 is 1.30 bits per heavy atom. The van der Waals surface area contributed by atoms with Crippen LogP contribution < -0.4 is 10.9 Å². The minimum Gasteiger partial charge on any atom is -0.462 e. The van der Waals surface area contributed by atoms with Gasteiger partial charge in [-0.25, -0.2) is 4.79 Å². The Hall–Kier alpha value is -2.93. The van der Waals surface area contributed by atoms with E-state index >= 15 is 0 Å². The molecule has 1 amide bonds. The smallest absolute Gasteiger partial charge is 0.341 e. The highest BCUT2D eigenvalue weighted by molar-refractivity contribution is 7.17. The second-order valence-electron chi connectivity index (χ2n) is 6.26. The van der Waals surface area contributed by atoms with E-state index in [0.717, 1.165) is 35.1 Å².